The van der Waals surface area contributed by atoms with Crippen LogP contribution in [0.1, 0.15) is 25.0 Å². The summed E-state index contributed by atoms with van der Waals surface area (Å²) in [7, 11) is 1.60. The van der Waals surface area contributed by atoms with E-state index < -0.39 is 5.41 Å². The molecule has 2 N–H and O–H groups in total. The van der Waals surface area contributed by atoms with Gasteiger partial charge in [0.25, 0.3) is 0 Å². The molecule has 5 heteroatoms. The van der Waals surface area contributed by atoms with Crippen molar-refractivity contribution in [1.29, 1.82) is 0 Å². The Hall–Kier alpha value is -2.82. The van der Waals surface area contributed by atoms with Crippen molar-refractivity contribution in [2.24, 2.45) is 5.41 Å². The molecule has 0 aliphatic heterocycles. The highest BCUT2D eigenvalue weighted by Gasteiger charge is 2.36. The molecule has 0 atom stereocenters. The summed E-state index contributed by atoms with van der Waals surface area (Å²) in [6, 6.07) is 14.9. The lowest BCUT2D eigenvalue weighted by atomic mass is 9.90. The van der Waals surface area contributed by atoms with Crippen molar-refractivity contribution in [3.63, 3.8) is 0 Å². The van der Waals surface area contributed by atoms with Gasteiger partial charge in [-0.25, -0.2) is 0 Å². The van der Waals surface area contributed by atoms with Gasteiger partial charge in [0.05, 0.1) is 7.11 Å². The number of carbonyl (C=O) groups excluding carboxylic acids is 2. The van der Waals surface area contributed by atoms with Crippen molar-refractivity contribution >= 4 is 17.5 Å². The van der Waals surface area contributed by atoms with Gasteiger partial charge in [0, 0.05) is 12.2 Å². The summed E-state index contributed by atoms with van der Waals surface area (Å²) in [5, 5.41) is 5.65. The largest absolute Gasteiger partial charge is 0.497 e. The minimum absolute atomic E-state index is 0.325. The number of rotatable bonds is 6. The first-order valence-corrected chi connectivity index (χ1v) is 8.13. The third kappa shape index (κ3) is 4.59. The average molecular weight is 340 g/mol. The minimum atomic E-state index is -1.19. The third-order valence-corrected chi connectivity index (χ3v) is 4.14. The molecule has 2 amide bonds. The molecule has 0 aliphatic rings. The molecule has 0 saturated heterocycles. The molecule has 0 bridgehead atoms. The van der Waals surface area contributed by atoms with Gasteiger partial charge >= 0.3 is 0 Å². The lowest BCUT2D eigenvalue weighted by molar-refractivity contribution is -0.138. The summed E-state index contributed by atoms with van der Waals surface area (Å²) in [5.74, 6) is 0.0939. The van der Waals surface area contributed by atoms with Crippen molar-refractivity contribution in [2.45, 2.75) is 27.3 Å². The SMILES string of the molecule is COc1ccc(CNC(=O)C(C)(C)C(=O)Nc2ccccc2C)cc1. The van der Waals surface area contributed by atoms with E-state index >= 15 is 0 Å². The zero-order valence-corrected chi connectivity index (χ0v) is 15.1. The standard InChI is InChI=1S/C20H24N2O3/c1-14-7-5-6-8-17(14)22-19(24)20(2,3)18(23)21-13-15-9-11-16(25-4)12-10-15/h5-12H,13H2,1-4H3,(H,21,23)(H,22,24). The second-order valence-corrected chi connectivity index (χ2v) is 6.42. The Bertz CT molecular complexity index is 752. The highest BCUT2D eigenvalue weighted by molar-refractivity contribution is 6.10. The molecule has 0 aromatic heterocycles. The van der Waals surface area contributed by atoms with Gasteiger partial charge in [-0.05, 0) is 50.1 Å². The van der Waals surface area contributed by atoms with Crippen LogP contribution in [0.5, 0.6) is 5.75 Å². The van der Waals surface area contributed by atoms with Gasteiger partial charge in [-0.2, -0.15) is 0 Å². The number of anilines is 1. The van der Waals surface area contributed by atoms with E-state index in [1.54, 1.807) is 21.0 Å². The lowest BCUT2D eigenvalue weighted by Crippen LogP contribution is -2.44. The topological polar surface area (TPSA) is 67.4 Å². The monoisotopic (exact) mass is 340 g/mol. The van der Waals surface area contributed by atoms with Crippen molar-refractivity contribution in [2.75, 3.05) is 12.4 Å². The van der Waals surface area contributed by atoms with E-state index in [0.717, 1.165) is 16.9 Å². The minimum Gasteiger partial charge on any atom is -0.497 e. The number of ether oxygens (including phenoxy) is 1. The molecule has 0 heterocycles. The van der Waals surface area contributed by atoms with Crippen molar-refractivity contribution in [3.05, 3.63) is 59.7 Å². The Morgan fingerprint density at radius 2 is 1.64 bits per heavy atom. The van der Waals surface area contributed by atoms with E-state index in [0.29, 0.717) is 12.2 Å². The molecule has 0 saturated carbocycles. The van der Waals surface area contributed by atoms with Gasteiger partial charge in [0.15, 0.2) is 0 Å². The lowest BCUT2D eigenvalue weighted by Gasteiger charge is -2.23. The highest BCUT2D eigenvalue weighted by Crippen LogP contribution is 2.21. The van der Waals surface area contributed by atoms with Crippen molar-refractivity contribution in [3.8, 4) is 5.75 Å². The summed E-state index contributed by atoms with van der Waals surface area (Å²) in [5.41, 5.74) is 1.41. The van der Waals surface area contributed by atoms with Crippen LogP contribution in [0.2, 0.25) is 0 Å². The number of hydrogen-bond acceptors (Lipinski definition) is 3. The number of amides is 2. The van der Waals surface area contributed by atoms with E-state index in [2.05, 4.69) is 10.6 Å². The van der Waals surface area contributed by atoms with Crippen LogP contribution in [0.15, 0.2) is 48.5 Å². The molecular formula is C20H24N2O3. The van der Waals surface area contributed by atoms with Crippen LogP contribution in [0, 0.1) is 12.3 Å². The van der Waals surface area contributed by atoms with Crippen LogP contribution in [-0.4, -0.2) is 18.9 Å². The number of nitrogens with one attached hydrogen (secondary N) is 2. The normalized spacial score (nSPS) is 10.9. The number of methoxy groups -OCH3 is 1. The summed E-state index contributed by atoms with van der Waals surface area (Å²) >= 11 is 0. The maximum absolute atomic E-state index is 12.5. The molecule has 2 aromatic carbocycles. The Morgan fingerprint density at radius 1 is 1.00 bits per heavy atom. The van der Waals surface area contributed by atoms with Crippen LogP contribution >= 0.6 is 0 Å². The van der Waals surface area contributed by atoms with Crippen LogP contribution in [0.25, 0.3) is 0 Å². The van der Waals surface area contributed by atoms with Crippen LogP contribution < -0.4 is 15.4 Å². The van der Waals surface area contributed by atoms with Gasteiger partial charge in [-0.15, -0.1) is 0 Å². The fourth-order valence-electron chi connectivity index (χ4n) is 2.24. The fraction of sp³-hybridized carbons (Fsp3) is 0.300. The maximum Gasteiger partial charge on any atom is 0.239 e. The predicted octanol–water partition coefficient (Wildman–Crippen LogP) is 3.28. The predicted molar refractivity (Wildman–Crippen MR) is 98.4 cm³/mol. The molecule has 25 heavy (non-hydrogen) atoms. The van der Waals surface area contributed by atoms with Gasteiger partial charge in [0.1, 0.15) is 11.2 Å². The molecule has 0 fully saturated rings. The van der Waals surface area contributed by atoms with Gasteiger partial charge in [-0.3, -0.25) is 9.59 Å². The van der Waals surface area contributed by atoms with Gasteiger partial charge < -0.3 is 15.4 Å². The van der Waals surface area contributed by atoms with E-state index in [1.165, 1.54) is 0 Å². The number of para-hydroxylation sites is 1. The van der Waals surface area contributed by atoms with E-state index in [4.69, 9.17) is 4.74 Å². The molecule has 0 radical (unpaired) electrons. The Balaban J connectivity index is 1.98. The van der Waals surface area contributed by atoms with Crippen LogP contribution in [0.4, 0.5) is 5.69 Å². The highest BCUT2D eigenvalue weighted by atomic mass is 16.5. The second kappa shape index (κ2) is 7.83. The molecule has 5 nitrogen and oxygen atoms in total. The summed E-state index contributed by atoms with van der Waals surface area (Å²) in [6.07, 6.45) is 0. The number of aryl methyl sites for hydroxylation is 1. The molecule has 132 valence electrons. The first kappa shape index (κ1) is 18.5. The third-order valence-electron chi connectivity index (χ3n) is 4.14. The van der Waals surface area contributed by atoms with E-state index in [-0.39, 0.29) is 11.8 Å². The Kier molecular flexibility index (Phi) is 5.80. The molecular weight excluding hydrogens is 316 g/mol. The van der Waals surface area contributed by atoms with Crippen LogP contribution in [0.3, 0.4) is 0 Å². The smallest absolute Gasteiger partial charge is 0.239 e. The molecule has 0 spiro atoms. The molecule has 0 unspecified atom stereocenters. The zero-order chi connectivity index (χ0) is 18.4. The molecule has 2 rings (SSSR count). The number of benzene rings is 2. The van der Waals surface area contributed by atoms with Gasteiger partial charge in [-0.1, -0.05) is 30.3 Å². The van der Waals surface area contributed by atoms with Gasteiger partial charge in [0.2, 0.25) is 11.8 Å². The Labute approximate surface area is 148 Å². The van der Waals surface area contributed by atoms with Crippen molar-refractivity contribution < 1.29 is 14.3 Å². The summed E-state index contributed by atoms with van der Waals surface area (Å²) in [4.78, 5) is 25.0. The average Bonchev–Trinajstić information content (AvgIpc) is 2.61. The van der Waals surface area contributed by atoms with E-state index in [9.17, 15) is 9.59 Å². The van der Waals surface area contributed by atoms with Crippen LogP contribution in [-0.2, 0) is 16.1 Å². The Morgan fingerprint density at radius 3 is 2.24 bits per heavy atom. The zero-order valence-electron chi connectivity index (χ0n) is 15.1. The van der Waals surface area contributed by atoms with E-state index in [1.807, 2.05) is 55.5 Å². The first-order valence-electron chi connectivity index (χ1n) is 8.13. The number of hydrogen-bond donors (Lipinski definition) is 2. The molecule has 2 aromatic rings. The first-order chi connectivity index (χ1) is 11.8. The maximum atomic E-state index is 12.5. The van der Waals surface area contributed by atoms with Crippen molar-refractivity contribution in [1.82, 2.24) is 5.32 Å². The quantitative estimate of drug-likeness (QED) is 0.793. The summed E-state index contributed by atoms with van der Waals surface area (Å²) < 4.78 is 5.11. The summed E-state index contributed by atoms with van der Waals surface area (Å²) in [6.45, 7) is 5.49. The second-order valence-electron chi connectivity index (χ2n) is 6.42. The fourth-order valence-corrected chi connectivity index (χ4v) is 2.24. The molecule has 0 aliphatic carbocycles. The number of carbonyl (C=O) groups is 2.